The van der Waals surface area contributed by atoms with Crippen LogP contribution in [0.3, 0.4) is 0 Å². The lowest BCUT2D eigenvalue weighted by Gasteiger charge is -2.13. The van der Waals surface area contributed by atoms with Gasteiger partial charge in [0.1, 0.15) is 5.82 Å². The molecule has 0 saturated heterocycles. The summed E-state index contributed by atoms with van der Waals surface area (Å²) in [6, 6.07) is 6.97. The summed E-state index contributed by atoms with van der Waals surface area (Å²) >= 11 is 1.41. The molecule has 1 fully saturated rings. The first-order valence-electron chi connectivity index (χ1n) is 8.51. The van der Waals surface area contributed by atoms with Gasteiger partial charge >= 0.3 is 0 Å². The highest BCUT2D eigenvalue weighted by molar-refractivity contribution is 8.00. The lowest BCUT2D eigenvalue weighted by atomic mass is 10.1. The average Bonchev–Trinajstić information content (AvgIpc) is 3.36. The molecule has 3 rings (SSSR count). The minimum atomic E-state index is -0.317. The predicted octanol–water partition coefficient (Wildman–Crippen LogP) is 3.50. The molecular formula is C18H22N4O2S. The van der Waals surface area contributed by atoms with Gasteiger partial charge in [-0.25, -0.2) is 0 Å². The first kappa shape index (κ1) is 17.7. The van der Waals surface area contributed by atoms with Gasteiger partial charge < -0.3 is 9.88 Å². The number of benzene rings is 1. The standard InChI is InChI=1S/C18H22N4O2S/c1-4-22-16(13-8-9-13)20-21-18(22)25-12(3)17(24)19-15-7-5-6-14(10-15)11(2)23/h5-7,10,12-13H,4,8-9H2,1-3H3,(H,19,24)/t12-/m1/s1. The zero-order valence-corrected chi connectivity index (χ0v) is 15.5. The number of anilines is 1. The van der Waals surface area contributed by atoms with Crippen molar-refractivity contribution in [2.45, 2.75) is 56.5 Å². The Hall–Kier alpha value is -2.15. The molecule has 1 aromatic heterocycles. The van der Waals surface area contributed by atoms with Gasteiger partial charge in [0.15, 0.2) is 10.9 Å². The first-order chi connectivity index (χ1) is 12.0. The van der Waals surface area contributed by atoms with Crippen molar-refractivity contribution in [2.24, 2.45) is 0 Å². The molecule has 0 aliphatic heterocycles. The molecule has 1 N–H and O–H groups in total. The number of Topliss-reactive ketones (excluding diaryl/α,β-unsaturated/α-hetero) is 1. The minimum Gasteiger partial charge on any atom is -0.325 e. The van der Waals surface area contributed by atoms with Crippen LogP contribution >= 0.6 is 11.8 Å². The predicted molar refractivity (Wildman–Crippen MR) is 98.1 cm³/mol. The van der Waals surface area contributed by atoms with Crippen molar-refractivity contribution in [1.29, 1.82) is 0 Å². The number of thioether (sulfide) groups is 1. The van der Waals surface area contributed by atoms with Crippen LogP contribution in [-0.2, 0) is 11.3 Å². The minimum absolute atomic E-state index is 0.0258. The number of carbonyl (C=O) groups excluding carboxylic acids is 2. The number of nitrogens with one attached hydrogen (secondary N) is 1. The van der Waals surface area contributed by atoms with Gasteiger partial charge in [0.25, 0.3) is 0 Å². The lowest BCUT2D eigenvalue weighted by molar-refractivity contribution is -0.115. The van der Waals surface area contributed by atoms with E-state index in [1.54, 1.807) is 24.3 Å². The maximum Gasteiger partial charge on any atom is 0.237 e. The molecule has 132 valence electrons. The molecule has 1 aromatic carbocycles. The molecule has 6 nitrogen and oxygen atoms in total. The molecule has 0 radical (unpaired) electrons. The van der Waals surface area contributed by atoms with E-state index >= 15 is 0 Å². The van der Waals surface area contributed by atoms with Crippen molar-refractivity contribution in [1.82, 2.24) is 14.8 Å². The SMILES string of the molecule is CCn1c(S[C@H](C)C(=O)Nc2cccc(C(C)=O)c2)nnc1C1CC1. The van der Waals surface area contributed by atoms with Gasteiger partial charge in [0, 0.05) is 23.7 Å². The Labute approximate surface area is 151 Å². The van der Waals surface area contributed by atoms with Crippen LogP contribution in [0.4, 0.5) is 5.69 Å². The Morgan fingerprint density at radius 3 is 2.76 bits per heavy atom. The second-order valence-corrected chi connectivity index (χ2v) is 7.55. The number of carbonyl (C=O) groups is 2. The second kappa shape index (κ2) is 7.39. The van der Waals surface area contributed by atoms with Crippen molar-refractivity contribution < 1.29 is 9.59 Å². The van der Waals surface area contributed by atoms with Crippen LogP contribution in [0.25, 0.3) is 0 Å². The Morgan fingerprint density at radius 1 is 1.36 bits per heavy atom. The van der Waals surface area contributed by atoms with Crippen molar-refractivity contribution in [3.63, 3.8) is 0 Å². The molecule has 0 spiro atoms. The number of ketones is 1. The first-order valence-corrected chi connectivity index (χ1v) is 9.39. The summed E-state index contributed by atoms with van der Waals surface area (Å²) in [5.74, 6) is 1.42. The molecule has 0 bridgehead atoms. The van der Waals surface area contributed by atoms with Gasteiger partial charge in [0.2, 0.25) is 5.91 Å². The summed E-state index contributed by atoms with van der Waals surface area (Å²) in [5.41, 5.74) is 1.21. The van der Waals surface area contributed by atoms with E-state index in [1.807, 2.05) is 6.92 Å². The van der Waals surface area contributed by atoms with Crippen LogP contribution in [0.5, 0.6) is 0 Å². The van der Waals surface area contributed by atoms with Crippen molar-refractivity contribution in [2.75, 3.05) is 5.32 Å². The number of hydrogen-bond acceptors (Lipinski definition) is 5. The Morgan fingerprint density at radius 2 is 2.12 bits per heavy atom. The topological polar surface area (TPSA) is 76.9 Å². The van der Waals surface area contributed by atoms with Gasteiger partial charge in [0.05, 0.1) is 5.25 Å². The van der Waals surface area contributed by atoms with Crippen LogP contribution in [0.1, 0.15) is 55.7 Å². The summed E-state index contributed by atoms with van der Waals surface area (Å²) in [6.07, 6.45) is 2.34. The summed E-state index contributed by atoms with van der Waals surface area (Å²) in [6.45, 7) is 6.22. The zero-order valence-electron chi connectivity index (χ0n) is 14.7. The van der Waals surface area contributed by atoms with E-state index in [-0.39, 0.29) is 16.9 Å². The highest BCUT2D eigenvalue weighted by Crippen LogP contribution is 2.40. The molecule has 1 aliphatic carbocycles. The molecule has 1 aliphatic rings. The van der Waals surface area contributed by atoms with Crippen LogP contribution in [0.2, 0.25) is 0 Å². The Kier molecular flexibility index (Phi) is 5.22. The summed E-state index contributed by atoms with van der Waals surface area (Å²) in [5, 5.41) is 11.9. The van der Waals surface area contributed by atoms with Crippen molar-refractivity contribution in [3.05, 3.63) is 35.7 Å². The van der Waals surface area contributed by atoms with Crippen LogP contribution in [-0.4, -0.2) is 31.7 Å². The third-order valence-corrected chi connectivity index (χ3v) is 5.27. The smallest absolute Gasteiger partial charge is 0.237 e. The molecule has 2 aromatic rings. The van der Waals surface area contributed by atoms with Gasteiger partial charge in [-0.2, -0.15) is 0 Å². The largest absolute Gasteiger partial charge is 0.325 e. The lowest BCUT2D eigenvalue weighted by Crippen LogP contribution is -2.23. The third-order valence-electron chi connectivity index (χ3n) is 4.19. The third kappa shape index (κ3) is 4.10. The molecule has 25 heavy (non-hydrogen) atoms. The van der Waals surface area contributed by atoms with E-state index in [0.29, 0.717) is 17.2 Å². The molecule has 0 unspecified atom stereocenters. The number of rotatable bonds is 7. The molecule has 1 amide bonds. The molecule has 1 saturated carbocycles. The molecule has 1 heterocycles. The number of aromatic nitrogens is 3. The Balaban J connectivity index is 1.67. The fourth-order valence-electron chi connectivity index (χ4n) is 2.60. The normalized spacial score (nSPS) is 15.0. The fraction of sp³-hybridized carbons (Fsp3) is 0.444. The molecule has 1 atom stereocenters. The number of hydrogen-bond donors (Lipinski definition) is 1. The summed E-state index contributed by atoms with van der Waals surface area (Å²) in [4.78, 5) is 23.9. The monoisotopic (exact) mass is 358 g/mol. The fourth-order valence-corrected chi connectivity index (χ4v) is 3.52. The highest BCUT2D eigenvalue weighted by atomic mass is 32.2. The van der Waals surface area contributed by atoms with Gasteiger partial charge in [-0.05, 0) is 45.7 Å². The van der Waals surface area contributed by atoms with Crippen LogP contribution < -0.4 is 5.32 Å². The second-order valence-electron chi connectivity index (χ2n) is 6.25. The number of amides is 1. The van der Waals surface area contributed by atoms with E-state index in [9.17, 15) is 9.59 Å². The van der Waals surface area contributed by atoms with Gasteiger partial charge in [-0.3, -0.25) is 9.59 Å². The van der Waals surface area contributed by atoms with Gasteiger partial charge in [-0.1, -0.05) is 23.9 Å². The van der Waals surface area contributed by atoms with E-state index in [4.69, 9.17) is 0 Å². The van der Waals surface area contributed by atoms with Crippen LogP contribution in [0.15, 0.2) is 29.4 Å². The number of nitrogens with zero attached hydrogens (tertiary/aromatic N) is 3. The average molecular weight is 358 g/mol. The summed E-state index contributed by atoms with van der Waals surface area (Å²) in [7, 11) is 0. The van der Waals surface area contributed by atoms with Crippen molar-refractivity contribution >= 4 is 29.1 Å². The maximum atomic E-state index is 12.5. The van der Waals surface area contributed by atoms with E-state index in [2.05, 4.69) is 27.0 Å². The van der Waals surface area contributed by atoms with Crippen molar-refractivity contribution in [3.8, 4) is 0 Å². The quantitative estimate of drug-likeness (QED) is 0.605. The van der Waals surface area contributed by atoms with Gasteiger partial charge in [-0.15, -0.1) is 10.2 Å². The Bertz CT molecular complexity index is 798. The zero-order chi connectivity index (χ0) is 18.0. The molecule has 7 heteroatoms. The van der Waals surface area contributed by atoms with E-state index in [0.717, 1.165) is 17.5 Å². The van der Waals surface area contributed by atoms with E-state index < -0.39 is 0 Å². The summed E-state index contributed by atoms with van der Waals surface area (Å²) < 4.78 is 2.10. The van der Waals surface area contributed by atoms with Crippen LogP contribution in [0, 0.1) is 0 Å². The maximum absolute atomic E-state index is 12.5. The highest BCUT2D eigenvalue weighted by Gasteiger charge is 2.30. The van der Waals surface area contributed by atoms with E-state index in [1.165, 1.54) is 31.5 Å². The molecular weight excluding hydrogens is 336 g/mol.